The Balaban J connectivity index is 2.19. The van der Waals surface area contributed by atoms with Gasteiger partial charge in [-0.25, -0.2) is 9.97 Å². The molecule has 2 heterocycles. The molecular weight excluding hydrogens is 318 g/mol. The molecule has 0 fully saturated rings. The van der Waals surface area contributed by atoms with Crippen LogP contribution < -0.4 is 5.73 Å². The van der Waals surface area contributed by atoms with Crippen molar-refractivity contribution in [3.63, 3.8) is 0 Å². The number of hydrogen-bond donors (Lipinski definition) is 1. The number of hydrogen-bond acceptors (Lipinski definition) is 5. The highest BCUT2D eigenvalue weighted by Gasteiger charge is 2.20. The fraction of sp³-hybridized carbons (Fsp3) is 0.273. The van der Waals surface area contributed by atoms with Crippen molar-refractivity contribution in [3.8, 4) is 0 Å². The predicted octanol–water partition coefficient (Wildman–Crippen LogP) is 3.48. The summed E-state index contributed by atoms with van der Waals surface area (Å²) in [5.41, 5.74) is 6.05. The zero-order valence-corrected chi connectivity index (χ0v) is 12.4. The summed E-state index contributed by atoms with van der Waals surface area (Å²) in [6, 6.07) is 6.13. The molecule has 0 radical (unpaired) electrons. The van der Waals surface area contributed by atoms with Crippen LogP contribution >= 0.6 is 39.0 Å². The third-order valence-corrected chi connectivity index (χ3v) is 5.43. The topological polar surface area (TPSA) is 51.8 Å². The summed E-state index contributed by atoms with van der Waals surface area (Å²) in [5.74, 6) is 0. The Hall–Kier alpha value is -0.430. The van der Waals surface area contributed by atoms with E-state index in [1.165, 1.54) is 4.88 Å². The summed E-state index contributed by atoms with van der Waals surface area (Å²) in [6.45, 7) is 2.02. The van der Waals surface area contributed by atoms with Crippen LogP contribution in [0.1, 0.15) is 17.1 Å². The molecule has 0 spiro atoms. The Morgan fingerprint density at radius 2 is 2.24 bits per heavy atom. The lowest BCUT2D eigenvalue weighted by Gasteiger charge is -2.18. The number of aromatic nitrogens is 2. The van der Waals surface area contributed by atoms with E-state index >= 15 is 0 Å². The first kappa shape index (κ1) is 13.0. The van der Waals surface area contributed by atoms with E-state index in [0.29, 0.717) is 0 Å². The van der Waals surface area contributed by atoms with Crippen LogP contribution in [0.3, 0.4) is 0 Å². The van der Waals surface area contributed by atoms with Crippen molar-refractivity contribution < 1.29 is 0 Å². The second-order valence-electron chi connectivity index (χ2n) is 3.59. The van der Waals surface area contributed by atoms with E-state index in [2.05, 4.69) is 38.0 Å². The van der Waals surface area contributed by atoms with Crippen LogP contribution in [0.4, 0.5) is 0 Å². The van der Waals surface area contributed by atoms with E-state index in [1.54, 1.807) is 35.6 Å². The van der Waals surface area contributed by atoms with Crippen LogP contribution in [0.15, 0.2) is 39.5 Å². The monoisotopic (exact) mass is 329 g/mol. The van der Waals surface area contributed by atoms with Crippen LogP contribution in [-0.4, -0.2) is 16.0 Å². The number of thioether (sulfide) groups is 1. The van der Waals surface area contributed by atoms with Gasteiger partial charge >= 0.3 is 0 Å². The maximum Gasteiger partial charge on any atom is 0.116 e. The molecule has 6 heteroatoms. The summed E-state index contributed by atoms with van der Waals surface area (Å²) in [5, 5.41) is 1.17. The van der Waals surface area contributed by atoms with E-state index in [4.69, 9.17) is 5.73 Å². The molecule has 2 aromatic heterocycles. The number of rotatable bonds is 4. The lowest BCUT2D eigenvalue weighted by atomic mass is 10.2. The molecule has 0 saturated carbocycles. The minimum Gasteiger partial charge on any atom is -0.327 e. The van der Waals surface area contributed by atoms with Gasteiger partial charge in [-0.3, -0.25) is 0 Å². The third-order valence-electron chi connectivity index (χ3n) is 2.15. The van der Waals surface area contributed by atoms with Gasteiger partial charge in [0.25, 0.3) is 0 Å². The van der Waals surface area contributed by atoms with Gasteiger partial charge in [-0.1, -0.05) is 11.8 Å². The number of nitrogens with zero attached hydrogens (tertiary/aromatic N) is 2. The Morgan fingerprint density at radius 3 is 2.76 bits per heavy atom. The van der Waals surface area contributed by atoms with Crippen molar-refractivity contribution in [2.24, 2.45) is 5.73 Å². The standard InChI is InChI=1S/C11H12BrN3S2/c1-7(13)11(8-2-3-9(12)16-8)17-10-4-5-14-6-15-10/h2-7,11H,13H2,1H3. The third kappa shape index (κ3) is 3.51. The Kier molecular flexibility index (Phi) is 4.55. The Bertz CT molecular complexity index is 473. The molecule has 0 saturated heterocycles. The van der Waals surface area contributed by atoms with Crippen molar-refractivity contribution in [1.29, 1.82) is 0 Å². The van der Waals surface area contributed by atoms with Crippen molar-refractivity contribution in [3.05, 3.63) is 39.4 Å². The second kappa shape index (κ2) is 5.95. The van der Waals surface area contributed by atoms with Crippen molar-refractivity contribution in [2.45, 2.75) is 23.2 Å². The highest BCUT2D eigenvalue weighted by atomic mass is 79.9. The van der Waals surface area contributed by atoms with Crippen molar-refractivity contribution in [1.82, 2.24) is 9.97 Å². The van der Waals surface area contributed by atoms with Gasteiger partial charge in [-0.2, -0.15) is 0 Å². The van der Waals surface area contributed by atoms with Crippen LogP contribution in [0.2, 0.25) is 0 Å². The molecule has 0 aromatic carbocycles. The van der Waals surface area contributed by atoms with Gasteiger partial charge < -0.3 is 5.73 Å². The first-order valence-electron chi connectivity index (χ1n) is 5.10. The van der Waals surface area contributed by atoms with E-state index in [-0.39, 0.29) is 11.3 Å². The minimum absolute atomic E-state index is 0.0699. The predicted molar refractivity (Wildman–Crippen MR) is 76.3 cm³/mol. The SMILES string of the molecule is CC(N)C(Sc1ccncn1)c1ccc(Br)s1. The molecule has 0 bridgehead atoms. The lowest BCUT2D eigenvalue weighted by molar-refractivity contribution is 0.728. The summed E-state index contributed by atoms with van der Waals surface area (Å²) < 4.78 is 1.13. The molecule has 2 aromatic rings. The van der Waals surface area contributed by atoms with Gasteiger partial charge in [0.15, 0.2) is 0 Å². The first-order valence-corrected chi connectivity index (χ1v) is 7.59. The van der Waals surface area contributed by atoms with E-state index in [9.17, 15) is 0 Å². The number of nitrogens with two attached hydrogens (primary N) is 1. The summed E-state index contributed by atoms with van der Waals surface area (Å²) in [7, 11) is 0. The normalized spacial score (nSPS) is 14.5. The maximum absolute atomic E-state index is 6.05. The molecule has 2 unspecified atom stereocenters. The maximum atomic E-state index is 6.05. The molecule has 0 aliphatic heterocycles. The number of halogens is 1. The van der Waals surface area contributed by atoms with E-state index in [0.717, 1.165) is 8.81 Å². The van der Waals surface area contributed by atoms with Gasteiger partial charge in [-0.15, -0.1) is 11.3 Å². The first-order chi connectivity index (χ1) is 8.16. The van der Waals surface area contributed by atoms with E-state index in [1.807, 2.05) is 13.0 Å². The van der Waals surface area contributed by atoms with Gasteiger partial charge in [0.1, 0.15) is 11.4 Å². The summed E-state index contributed by atoms with van der Waals surface area (Å²) in [4.78, 5) is 9.40. The molecule has 3 nitrogen and oxygen atoms in total. The highest BCUT2D eigenvalue weighted by Crippen LogP contribution is 2.40. The smallest absolute Gasteiger partial charge is 0.116 e. The zero-order valence-electron chi connectivity index (χ0n) is 9.21. The van der Waals surface area contributed by atoms with Gasteiger partial charge in [0, 0.05) is 17.1 Å². The van der Waals surface area contributed by atoms with Gasteiger partial charge in [0.2, 0.25) is 0 Å². The fourth-order valence-electron chi connectivity index (χ4n) is 1.38. The molecular formula is C11H12BrN3S2. The minimum atomic E-state index is 0.0699. The largest absolute Gasteiger partial charge is 0.327 e. The Labute approximate surface area is 117 Å². The van der Waals surface area contributed by atoms with Gasteiger partial charge in [-0.05, 0) is 41.1 Å². The van der Waals surface area contributed by atoms with Crippen molar-refractivity contribution >= 4 is 39.0 Å². The summed E-state index contributed by atoms with van der Waals surface area (Å²) >= 11 is 6.87. The molecule has 17 heavy (non-hydrogen) atoms. The summed E-state index contributed by atoms with van der Waals surface area (Å²) in [6.07, 6.45) is 3.31. The van der Waals surface area contributed by atoms with E-state index < -0.39 is 0 Å². The zero-order chi connectivity index (χ0) is 12.3. The van der Waals surface area contributed by atoms with Crippen LogP contribution in [0.5, 0.6) is 0 Å². The second-order valence-corrected chi connectivity index (χ2v) is 7.24. The van der Waals surface area contributed by atoms with Crippen LogP contribution in [0, 0.1) is 0 Å². The average molecular weight is 330 g/mol. The molecule has 0 aliphatic carbocycles. The number of thiophene rings is 1. The average Bonchev–Trinajstić information content (AvgIpc) is 2.73. The van der Waals surface area contributed by atoms with Crippen LogP contribution in [-0.2, 0) is 0 Å². The molecule has 90 valence electrons. The Morgan fingerprint density at radius 1 is 1.41 bits per heavy atom. The fourth-order valence-corrected chi connectivity index (χ4v) is 4.11. The molecule has 0 aliphatic rings. The highest BCUT2D eigenvalue weighted by molar-refractivity contribution is 9.11. The lowest BCUT2D eigenvalue weighted by Crippen LogP contribution is -2.21. The molecule has 2 atom stereocenters. The molecule has 2 rings (SSSR count). The quantitative estimate of drug-likeness (QED) is 0.689. The van der Waals surface area contributed by atoms with Crippen LogP contribution in [0.25, 0.3) is 0 Å². The molecule has 2 N–H and O–H groups in total. The van der Waals surface area contributed by atoms with Gasteiger partial charge in [0.05, 0.1) is 9.04 Å². The molecule has 0 amide bonds. The van der Waals surface area contributed by atoms with Crippen molar-refractivity contribution in [2.75, 3.05) is 0 Å².